The lowest BCUT2D eigenvalue weighted by molar-refractivity contribution is 0.300. The Morgan fingerprint density at radius 1 is 1.29 bits per heavy atom. The summed E-state index contributed by atoms with van der Waals surface area (Å²) in [5.41, 5.74) is 1.71. The van der Waals surface area contributed by atoms with E-state index in [4.69, 9.17) is 0 Å². The van der Waals surface area contributed by atoms with Crippen LogP contribution < -0.4 is 5.56 Å². The van der Waals surface area contributed by atoms with Gasteiger partial charge in [-0.1, -0.05) is 36.9 Å². The molecule has 0 bridgehead atoms. The van der Waals surface area contributed by atoms with Crippen molar-refractivity contribution in [1.29, 1.82) is 0 Å². The predicted octanol–water partition coefficient (Wildman–Crippen LogP) is 0.933. The number of rotatable bonds is 5. The number of thioether (sulfide) groups is 1. The molecule has 24 heavy (non-hydrogen) atoms. The van der Waals surface area contributed by atoms with E-state index in [-0.39, 0.29) is 17.4 Å². The molecule has 9 heteroatoms. The first-order chi connectivity index (χ1) is 11.5. The van der Waals surface area contributed by atoms with Gasteiger partial charge in [-0.2, -0.15) is 4.68 Å². The van der Waals surface area contributed by atoms with Crippen molar-refractivity contribution in [3.63, 3.8) is 0 Å². The SMILES string of the molecule is Cc1c(-n2nnnc2SC(C)CO)c(=O)n(-c2ccccc2)n1C. The van der Waals surface area contributed by atoms with Gasteiger partial charge in [0.25, 0.3) is 5.56 Å². The highest BCUT2D eigenvalue weighted by Crippen LogP contribution is 2.23. The summed E-state index contributed by atoms with van der Waals surface area (Å²) in [5.74, 6) is 0. The molecule has 1 unspecified atom stereocenters. The highest BCUT2D eigenvalue weighted by atomic mass is 32.2. The van der Waals surface area contributed by atoms with Gasteiger partial charge in [0.2, 0.25) is 5.16 Å². The second-order valence-electron chi connectivity index (χ2n) is 5.39. The summed E-state index contributed by atoms with van der Waals surface area (Å²) in [6, 6.07) is 9.40. The van der Waals surface area contributed by atoms with Crippen LogP contribution in [0.2, 0.25) is 0 Å². The van der Waals surface area contributed by atoms with E-state index in [1.54, 1.807) is 9.36 Å². The average Bonchev–Trinajstić information content (AvgIpc) is 3.11. The van der Waals surface area contributed by atoms with Crippen LogP contribution in [0.4, 0.5) is 0 Å². The Labute approximate surface area is 142 Å². The summed E-state index contributed by atoms with van der Waals surface area (Å²) in [7, 11) is 1.82. The van der Waals surface area contributed by atoms with Gasteiger partial charge in [-0.25, -0.2) is 4.68 Å². The number of tetrazole rings is 1. The van der Waals surface area contributed by atoms with Crippen molar-refractivity contribution >= 4 is 11.8 Å². The van der Waals surface area contributed by atoms with Crippen LogP contribution in [-0.4, -0.2) is 46.5 Å². The normalized spacial score (nSPS) is 12.5. The Kier molecular flexibility index (Phi) is 4.54. The largest absolute Gasteiger partial charge is 0.395 e. The zero-order valence-electron chi connectivity index (χ0n) is 13.6. The van der Waals surface area contributed by atoms with Crippen LogP contribution in [0.15, 0.2) is 40.3 Å². The molecule has 1 N–H and O–H groups in total. The first-order valence-electron chi connectivity index (χ1n) is 7.45. The zero-order chi connectivity index (χ0) is 17.3. The molecule has 1 aromatic carbocycles. The molecule has 1 atom stereocenters. The van der Waals surface area contributed by atoms with E-state index in [0.29, 0.717) is 10.8 Å². The summed E-state index contributed by atoms with van der Waals surface area (Å²) >= 11 is 1.32. The van der Waals surface area contributed by atoms with Gasteiger partial charge in [-0.3, -0.25) is 9.48 Å². The zero-order valence-corrected chi connectivity index (χ0v) is 14.4. The molecule has 0 saturated carbocycles. The Hall–Kier alpha value is -2.39. The van der Waals surface area contributed by atoms with Crippen LogP contribution in [0.1, 0.15) is 12.6 Å². The Morgan fingerprint density at radius 2 is 2.00 bits per heavy atom. The molecule has 0 saturated heterocycles. The minimum Gasteiger partial charge on any atom is -0.395 e. The van der Waals surface area contributed by atoms with Gasteiger partial charge >= 0.3 is 0 Å². The van der Waals surface area contributed by atoms with Gasteiger partial charge in [0.15, 0.2) is 5.69 Å². The van der Waals surface area contributed by atoms with Crippen LogP contribution in [0.5, 0.6) is 0 Å². The maximum absolute atomic E-state index is 13.0. The third-order valence-corrected chi connectivity index (χ3v) is 4.76. The second-order valence-corrected chi connectivity index (χ2v) is 6.80. The van der Waals surface area contributed by atoms with E-state index < -0.39 is 0 Å². The van der Waals surface area contributed by atoms with Crippen LogP contribution in [0, 0.1) is 6.92 Å². The first kappa shape index (κ1) is 16.5. The van der Waals surface area contributed by atoms with Crippen molar-refractivity contribution in [2.24, 2.45) is 7.05 Å². The lowest BCUT2D eigenvalue weighted by Gasteiger charge is -2.07. The van der Waals surface area contributed by atoms with E-state index in [2.05, 4.69) is 15.5 Å². The van der Waals surface area contributed by atoms with Crippen LogP contribution >= 0.6 is 11.8 Å². The Balaban J connectivity index is 2.15. The number of aliphatic hydroxyl groups excluding tert-OH is 1. The first-order valence-corrected chi connectivity index (χ1v) is 8.32. The van der Waals surface area contributed by atoms with Crippen molar-refractivity contribution in [2.45, 2.75) is 24.3 Å². The molecule has 0 aliphatic heterocycles. The Bertz CT molecular complexity index is 899. The van der Waals surface area contributed by atoms with Gasteiger partial charge in [0, 0.05) is 12.3 Å². The monoisotopic (exact) mass is 346 g/mol. The maximum Gasteiger partial charge on any atom is 0.297 e. The van der Waals surface area contributed by atoms with E-state index in [9.17, 15) is 9.90 Å². The quantitative estimate of drug-likeness (QED) is 0.691. The standard InChI is InChI=1S/C15H18N6O2S/c1-10(9-22)24-15-16-17-18-20(15)13-11(2)19(3)21(14(13)23)12-7-5-4-6-8-12/h4-8,10,22H,9H2,1-3H3. The fraction of sp³-hybridized carbons (Fsp3) is 0.333. The fourth-order valence-electron chi connectivity index (χ4n) is 2.41. The molecule has 0 aliphatic rings. The number of aliphatic hydroxyl groups is 1. The smallest absolute Gasteiger partial charge is 0.297 e. The average molecular weight is 346 g/mol. The number of nitrogens with zero attached hydrogens (tertiary/aromatic N) is 6. The molecule has 0 fully saturated rings. The van der Waals surface area contributed by atoms with Crippen molar-refractivity contribution in [1.82, 2.24) is 29.6 Å². The van der Waals surface area contributed by atoms with Gasteiger partial charge in [0.1, 0.15) is 0 Å². The number of para-hydroxylation sites is 1. The highest BCUT2D eigenvalue weighted by Gasteiger charge is 2.22. The van der Waals surface area contributed by atoms with Gasteiger partial charge < -0.3 is 5.11 Å². The number of benzene rings is 1. The van der Waals surface area contributed by atoms with Crippen LogP contribution in [-0.2, 0) is 7.05 Å². The molecule has 0 spiro atoms. The van der Waals surface area contributed by atoms with Crippen molar-refractivity contribution < 1.29 is 5.11 Å². The summed E-state index contributed by atoms with van der Waals surface area (Å²) < 4.78 is 4.79. The summed E-state index contributed by atoms with van der Waals surface area (Å²) in [4.78, 5) is 13.0. The topological polar surface area (TPSA) is 90.8 Å². The van der Waals surface area contributed by atoms with E-state index in [1.165, 1.54) is 16.4 Å². The minimum atomic E-state index is -0.202. The van der Waals surface area contributed by atoms with Gasteiger partial charge in [-0.15, -0.1) is 5.10 Å². The molecule has 2 aromatic heterocycles. The maximum atomic E-state index is 13.0. The lowest BCUT2D eigenvalue weighted by Crippen LogP contribution is -2.22. The predicted molar refractivity (Wildman–Crippen MR) is 90.9 cm³/mol. The number of hydrogen-bond donors (Lipinski definition) is 1. The van der Waals surface area contributed by atoms with E-state index in [1.807, 2.05) is 51.2 Å². The molecule has 2 heterocycles. The Morgan fingerprint density at radius 3 is 2.67 bits per heavy atom. The molecule has 0 radical (unpaired) electrons. The molecule has 0 aliphatic carbocycles. The van der Waals surface area contributed by atoms with Crippen LogP contribution in [0.3, 0.4) is 0 Å². The van der Waals surface area contributed by atoms with E-state index >= 15 is 0 Å². The van der Waals surface area contributed by atoms with Crippen molar-refractivity contribution in [3.05, 3.63) is 46.4 Å². The molecule has 0 amide bonds. The lowest BCUT2D eigenvalue weighted by atomic mass is 10.3. The molecular weight excluding hydrogens is 328 g/mol. The third-order valence-electron chi connectivity index (χ3n) is 3.74. The summed E-state index contributed by atoms with van der Waals surface area (Å²) in [5, 5.41) is 21.3. The minimum absolute atomic E-state index is 0.000450. The highest BCUT2D eigenvalue weighted by molar-refractivity contribution is 7.99. The number of hydrogen-bond acceptors (Lipinski definition) is 6. The summed E-state index contributed by atoms with van der Waals surface area (Å²) in [6.45, 7) is 3.71. The van der Waals surface area contributed by atoms with Crippen molar-refractivity contribution in [3.8, 4) is 11.4 Å². The van der Waals surface area contributed by atoms with Crippen molar-refractivity contribution in [2.75, 3.05) is 6.61 Å². The molecular formula is C15H18N6O2S. The van der Waals surface area contributed by atoms with Crippen LogP contribution in [0.25, 0.3) is 11.4 Å². The summed E-state index contributed by atoms with van der Waals surface area (Å²) in [6.07, 6.45) is 0. The number of aromatic nitrogens is 6. The fourth-order valence-corrected chi connectivity index (χ4v) is 3.15. The molecule has 3 aromatic rings. The second kappa shape index (κ2) is 6.62. The molecule has 3 rings (SSSR count). The third kappa shape index (κ3) is 2.76. The van der Waals surface area contributed by atoms with Gasteiger partial charge in [-0.05, 0) is 29.5 Å². The van der Waals surface area contributed by atoms with Gasteiger partial charge in [0.05, 0.1) is 18.0 Å². The molecule has 8 nitrogen and oxygen atoms in total. The van der Waals surface area contributed by atoms with E-state index in [0.717, 1.165) is 11.4 Å². The molecule has 126 valence electrons.